The predicted molar refractivity (Wildman–Crippen MR) is 88.8 cm³/mol. The number of phenols is 2. The van der Waals surface area contributed by atoms with Gasteiger partial charge in [-0.25, -0.2) is 4.79 Å². The largest absolute Gasteiger partial charge is 0.508 e. The molecule has 0 saturated heterocycles. The van der Waals surface area contributed by atoms with Crippen molar-refractivity contribution in [1.29, 1.82) is 0 Å². The van der Waals surface area contributed by atoms with E-state index in [0.717, 1.165) is 0 Å². The van der Waals surface area contributed by atoms with Crippen molar-refractivity contribution in [3.8, 4) is 22.6 Å². The molecule has 0 aliphatic rings. The van der Waals surface area contributed by atoms with Crippen LogP contribution in [0, 0.1) is 0 Å². The van der Waals surface area contributed by atoms with Gasteiger partial charge in [0.2, 0.25) is 5.91 Å². The summed E-state index contributed by atoms with van der Waals surface area (Å²) in [5.74, 6) is -1.28. The summed E-state index contributed by atoms with van der Waals surface area (Å²) in [6.45, 7) is 1.65. The number of carboxylic acid groups (broad SMARTS) is 1. The van der Waals surface area contributed by atoms with Crippen LogP contribution in [-0.2, 0) is 16.0 Å². The molecule has 0 fully saturated rings. The quantitative estimate of drug-likeness (QED) is 0.650. The Bertz CT molecular complexity index is 740. The number of aromatic hydroxyl groups is 2. The zero-order chi connectivity index (χ0) is 17.7. The minimum absolute atomic E-state index is 0.0499. The second-order valence-electron chi connectivity index (χ2n) is 5.41. The molecule has 2 rings (SSSR count). The number of carbonyl (C=O) groups excluding carboxylic acids is 1. The van der Waals surface area contributed by atoms with Gasteiger partial charge in [0.1, 0.15) is 17.5 Å². The number of nitrogens with one attached hydrogen (secondary N) is 1. The first kappa shape index (κ1) is 17.3. The lowest BCUT2D eigenvalue weighted by molar-refractivity contribution is -0.141. The number of carbonyl (C=O) groups is 2. The number of benzene rings is 2. The Morgan fingerprint density at radius 3 is 2.33 bits per heavy atom. The molecule has 0 heterocycles. The summed E-state index contributed by atoms with van der Waals surface area (Å²) < 4.78 is 0. The monoisotopic (exact) mass is 329 g/mol. The first-order valence-corrected chi connectivity index (χ1v) is 7.54. The Balaban J connectivity index is 2.28. The second-order valence-corrected chi connectivity index (χ2v) is 5.41. The van der Waals surface area contributed by atoms with Gasteiger partial charge in [0.15, 0.2) is 0 Å². The fourth-order valence-corrected chi connectivity index (χ4v) is 2.31. The Morgan fingerprint density at radius 1 is 1.08 bits per heavy atom. The van der Waals surface area contributed by atoms with Crippen LogP contribution in [0.2, 0.25) is 0 Å². The number of hydrogen-bond acceptors (Lipinski definition) is 4. The molecule has 0 aliphatic carbocycles. The maximum Gasteiger partial charge on any atom is 0.326 e. The highest BCUT2D eigenvalue weighted by molar-refractivity contribution is 5.83. The number of phenolic OH excluding ortho intramolecular Hbond substituents is 2. The topological polar surface area (TPSA) is 107 Å². The van der Waals surface area contributed by atoms with E-state index in [0.29, 0.717) is 16.7 Å². The highest BCUT2D eigenvalue weighted by atomic mass is 16.4. The number of hydrogen-bond donors (Lipinski definition) is 4. The smallest absolute Gasteiger partial charge is 0.326 e. The molecule has 0 unspecified atom stereocenters. The van der Waals surface area contributed by atoms with Crippen molar-refractivity contribution in [2.75, 3.05) is 0 Å². The van der Waals surface area contributed by atoms with Crippen LogP contribution in [0.3, 0.4) is 0 Å². The zero-order valence-electron chi connectivity index (χ0n) is 13.2. The fraction of sp³-hybridized carbons (Fsp3) is 0.222. The lowest BCUT2D eigenvalue weighted by atomic mass is 9.98. The van der Waals surface area contributed by atoms with Crippen LogP contribution >= 0.6 is 0 Å². The summed E-state index contributed by atoms with van der Waals surface area (Å²) in [7, 11) is 0. The summed E-state index contributed by atoms with van der Waals surface area (Å²) >= 11 is 0. The van der Waals surface area contributed by atoms with Gasteiger partial charge in [-0.3, -0.25) is 4.79 Å². The van der Waals surface area contributed by atoms with Crippen molar-refractivity contribution in [3.05, 3.63) is 48.0 Å². The lowest BCUT2D eigenvalue weighted by Gasteiger charge is -2.15. The highest BCUT2D eigenvalue weighted by Gasteiger charge is 2.20. The molecular formula is C18H19NO5. The number of carboxylic acids is 1. The van der Waals surface area contributed by atoms with E-state index in [2.05, 4.69) is 5.32 Å². The molecule has 0 saturated carbocycles. The van der Waals surface area contributed by atoms with Gasteiger partial charge in [-0.05, 0) is 35.4 Å². The zero-order valence-corrected chi connectivity index (χ0v) is 13.2. The molecule has 24 heavy (non-hydrogen) atoms. The third kappa shape index (κ3) is 4.25. The van der Waals surface area contributed by atoms with Gasteiger partial charge in [0.05, 0.1) is 0 Å². The van der Waals surface area contributed by atoms with Crippen LogP contribution in [0.15, 0.2) is 42.5 Å². The van der Waals surface area contributed by atoms with Crippen molar-refractivity contribution in [1.82, 2.24) is 5.32 Å². The molecule has 1 atom stereocenters. The van der Waals surface area contributed by atoms with Crippen molar-refractivity contribution < 1.29 is 24.9 Å². The van der Waals surface area contributed by atoms with Crippen LogP contribution in [0.1, 0.15) is 18.9 Å². The molecule has 0 spiro atoms. The average Bonchev–Trinajstić information content (AvgIpc) is 2.56. The van der Waals surface area contributed by atoms with E-state index >= 15 is 0 Å². The summed E-state index contributed by atoms with van der Waals surface area (Å²) in [6.07, 6.45) is 0.310. The predicted octanol–water partition coefficient (Wildman–Crippen LogP) is 2.29. The Hall–Kier alpha value is -3.02. The number of amides is 1. The lowest BCUT2D eigenvalue weighted by Crippen LogP contribution is -2.42. The first-order valence-electron chi connectivity index (χ1n) is 7.54. The fourth-order valence-electron chi connectivity index (χ4n) is 2.31. The normalized spacial score (nSPS) is 11.7. The Labute approximate surface area is 139 Å². The summed E-state index contributed by atoms with van der Waals surface area (Å²) in [5, 5.41) is 31.1. The van der Waals surface area contributed by atoms with E-state index in [1.54, 1.807) is 31.2 Å². The highest BCUT2D eigenvalue weighted by Crippen LogP contribution is 2.31. The Morgan fingerprint density at radius 2 is 1.75 bits per heavy atom. The van der Waals surface area contributed by atoms with E-state index in [-0.39, 0.29) is 30.2 Å². The van der Waals surface area contributed by atoms with Crippen molar-refractivity contribution >= 4 is 11.9 Å². The van der Waals surface area contributed by atoms with E-state index in [4.69, 9.17) is 0 Å². The summed E-state index contributed by atoms with van der Waals surface area (Å²) in [6, 6.07) is 10.1. The molecule has 2 aromatic carbocycles. The molecule has 6 nitrogen and oxygen atoms in total. The van der Waals surface area contributed by atoms with Crippen LogP contribution < -0.4 is 5.32 Å². The van der Waals surface area contributed by atoms with Gasteiger partial charge in [-0.1, -0.05) is 25.1 Å². The maximum atomic E-state index is 11.5. The molecule has 6 heteroatoms. The van der Waals surface area contributed by atoms with Crippen LogP contribution in [-0.4, -0.2) is 33.2 Å². The van der Waals surface area contributed by atoms with Gasteiger partial charge in [-0.15, -0.1) is 0 Å². The third-order valence-corrected chi connectivity index (χ3v) is 3.63. The SMILES string of the molecule is CCC(=O)N[C@@H](Cc1ccc(O)c(-c2ccc(O)cc2)c1)C(=O)O. The van der Waals surface area contributed by atoms with Gasteiger partial charge < -0.3 is 20.6 Å². The van der Waals surface area contributed by atoms with Crippen LogP contribution in [0.5, 0.6) is 11.5 Å². The van der Waals surface area contributed by atoms with Gasteiger partial charge >= 0.3 is 5.97 Å². The Kier molecular flexibility index (Phi) is 5.42. The van der Waals surface area contributed by atoms with E-state index in [1.165, 1.54) is 18.2 Å². The van der Waals surface area contributed by atoms with Crippen molar-refractivity contribution in [2.24, 2.45) is 0 Å². The third-order valence-electron chi connectivity index (χ3n) is 3.63. The van der Waals surface area contributed by atoms with Crippen molar-refractivity contribution in [2.45, 2.75) is 25.8 Å². The van der Waals surface area contributed by atoms with Gasteiger partial charge in [0, 0.05) is 18.4 Å². The maximum absolute atomic E-state index is 11.5. The van der Waals surface area contributed by atoms with E-state index < -0.39 is 12.0 Å². The first-order chi connectivity index (χ1) is 11.4. The minimum Gasteiger partial charge on any atom is -0.508 e. The molecule has 0 radical (unpaired) electrons. The molecule has 126 valence electrons. The van der Waals surface area contributed by atoms with Crippen molar-refractivity contribution in [3.63, 3.8) is 0 Å². The van der Waals surface area contributed by atoms with Gasteiger partial charge in [-0.2, -0.15) is 0 Å². The van der Waals surface area contributed by atoms with Gasteiger partial charge in [0.25, 0.3) is 0 Å². The molecular weight excluding hydrogens is 310 g/mol. The standard InChI is InChI=1S/C18H19NO5/c1-2-17(22)19-15(18(23)24)10-11-3-8-16(21)14(9-11)12-4-6-13(20)7-5-12/h3-9,15,20-21H,2,10H2,1H3,(H,19,22)(H,23,24)/t15-/m0/s1. The molecule has 0 aliphatic heterocycles. The summed E-state index contributed by atoms with van der Waals surface area (Å²) in [4.78, 5) is 22.8. The molecule has 2 aromatic rings. The summed E-state index contributed by atoms with van der Waals surface area (Å²) in [5.41, 5.74) is 1.88. The molecule has 0 aromatic heterocycles. The van der Waals surface area contributed by atoms with Crippen LogP contribution in [0.4, 0.5) is 0 Å². The van der Waals surface area contributed by atoms with E-state index in [9.17, 15) is 24.9 Å². The second kappa shape index (κ2) is 7.50. The van der Waals surface area contributed by atoms with E-state index in [1.807, 2.05) is 0 Å². The number of rotatable bonds is 6. The minimum atomic E-state index is -1.11. The molecule has 0 bridgehead atoms. The molecule has 1 amide bonds. The average molecular weight is 329 g/mol. The molecule has 4 N–H and O–H groups in total. The number of aliphatic carboxylic acids is 1. The van der Waals surface area contributed by atoms with Crippen LogP contribution in [0.25, 0.3) is 11.1 Å².